The molecule has 114 valence electrons. The van der Waals surface area contributed by atoms with E-state index in [1.54, 1.807) is 6.07 Å². The van der Waals surface area contributed by atoms with Crippen LogP contribution >= 0.6 is 15.9 Å². The SMILES string of the molecule is CCNC(Cc1ccn(C(C)C)n1)c1cccc(Br)c1F. The van der Waals surface area contributed by atoms with E-state index in [2.05, 4.69) is 40.2 Å². The molecule has 1 N–H and O–H groups in total. The predicted molar refractivity (Wildman–Crippen MR) is 86.8 cm³/mol. The van der Waals surface area contributed by atoms with Crippen LogP contribution in [0.15, 0.2) is 34.9 Å². The molecule has 0 aliphatic heterocycles. The van der Waals surface area contributed by atoms with E-state index in [0.29, 0.717) is 22.5 Å². The van der Waals surface area contributed by atoms with Crippen molar-refractivity contribution < 1.29 is 4.39 Å². The van der Waals surface area contributed by atoms with Gasteiger partial charge < -0.3 is 5.32 Å². The summed E-state index contributed by atoms with van der Waals surface area (Å²) in [7, 11) is 0. The van der Waals surface area contributed by atoms with Crippen molar-refractivity contribution in [1.29, 1.82) is 0 Å². The number of hydrogen-bond acceptors (Lipinski definition) is 2. The molecule has 1 aromatic heterocycles. The zero-order valence-corrected chi connectivity index (χ0v) is 14.2. The molecule has 0 amide bonds. The first kappa shape index (κ1) is 16.2. The van der Waals surface area contributed by atoms with Gasteiger partial charge in [-0.3, -0.25) is 4.68 Å². The van der Waals surface area contributed by atoms with Crippen LogP contribution in [0.1, 0.15) is 44.1 Å². The van der Waals surface area contributed by atoms with Crippen LogP contribution < -0.4 is 5.32 Å². The van der Waals surface area contributed by atoms with Crippen molar-refractivity contribution in [3.63, 3.8) is 0 Å². The molecule has 1 heterocycles. The van der Waals surface area contributed by atoms with E-state index in [4.69, 9.17) is 0 Å². The van der Waals surface area contributed by atoms with Crippen LogP contribution in [0.2, 0.25) is 0 Å². The van der Waals surface area contributed by atoms with E-state index in [9.17, 15) is 4.39 Å². The second-order valence-electron chi connectivity index (χ2n) is 5.34. The molecule has 0 fully saturated rings. The van der Waals surface area contributed by atoms with Crippen LogP contribution in [-0.2, 0) is 6.42 Å². The standard InChI is InChI=1S/C16H21BrFN3/c1-4-19-15(13-6-5-7-14(17)16(13)18)10-12-8-9-21(20-12)11(2)3/h5-9,11,15,19H,4,10H2,1-3H3. The van der Waals surface area contributed by atoms with Crippen molar-refractivity contribution in [2.24, 2.45) is 0 Å². The molecule has 3 nitrogen and oxygen atoms in total. The highest BCUT2D eigenvalue weighted by Gasteiger charge is 2.18. The van der Waals surface area contributed by atoms with Gasteiger partial charge in [0.05, 0.1) is 10.2 Å². The number of rotatable bonds is 6. The summed E-state index contributed by atoms with van der Waals surface area (Å²) in [6.07, 6.45) is 2.64. The van der Waals surface area contributed by atoms with E-state index < -0.39 is 0 Å². The number of hydrogen-bond donors (Lipinski definition) is 1. The van der Waals surface area contributed by atoms with Gasteiger partial charge in [0.2, 0.25) is 0 Å². The zero-order valence-electron chi connectivity index (χ0n) is 12.6. The Hall–Kier alpha value is -1.20. The maximum Gasteiger partial charge on any atom is 0.142 e. The second kappa shape index (κ2) is 7.18. The van der Waals surface area contributed by atoms with Gasteiger partial charge >= 0.3 is 0 Å². The summed E-state index contributed by atoms with van der Waals surface area (Å²) in [5.41, 5.74) is 1.64. The molecule has 0 aliphatic carbocycles. The Balaban J connectivity index is 2.24. The molecule has 0 bridgehead atoms. The number of benzene rings is 1. The third-order valence-corrected chi connectivity index (χ3v) is 4.03. The predicted octanol–water partition coefficient (Wildman–Crippen LogP) is 4.26. The molecule has 5 heteroatoms. The minimum absolute atomic E-state index is 0.0805. The van der Waals surface area contributed by atoms with E-state index in [-0.39, 0.29) is 11.9 Å². The molecule has 1 unspecified atom stereocenters. The van der Waals surface area contributed by atoms with E-state index in [0.717, 1.165) is 12.2 Å². The average Bonchev–Trinajstić information content (AvgIpc) is 2.90. The average molecular weight is 354 g/mol. The van der Waals surface area contributed by atoms with E-state index >= 15 is 0 Å². The Kier molecular flexibility index (Phi) is 5.53. The lowest BCUT2D eigenvalue weighted by Crippen LogP contribution is -2.24. The third-order valence-electron chi connectivity index (χ3n) is 3.41. The maximum atomic E-state index is 14.3. The zero-order chi connectivity index (χ0) is 15.4. The van der Waals surface area contributed by atoms with Crippen LogP contribution in [-0.4, -0.2) is 16.3 Å². The molecule has 21 heavy (non-hydrogen) atoms. The third kappa shape index (κ3) is 3.92. The Morgan fingerprint density at radius 1 is 1.33 bits per heavy atom. The topological polar surface area (TPSA) is 29.9 Å². The Morgan fingerprint density at radius 3 is 2.71 bits per heavy atom. The van der Waals surface area contributed by atoms with Crippen molar-refractivity contribution in [3.05, 3.63) is 52.0 Å². The highest BCUT2D eigenvalue weighted by atomic mass is 79.9. The van der Waals surface area contributed by atoms with Crippen LogP contribution in [0, 0.1) is 5.82 Å². The molecule has 0 saturated carbocycles. The highest BCUT2D eigenvalue weighted by molar-refractivity contribution is 9.10. The molecule has 0 radical (unpaired) electrons. The lowest BCUT2D eigenvalue weighted by Gasteiger charge is -2.18. The minimum Gasteiger partial charge on any atom is -0.310 e. The van der Waals surface area contributed by atoms with Gasteiger partial charge in [-0.1, -0.05) is 19.1 Å². The van der Waals surface area contributed by atoms with Gasteiger partial charge in [0.1, 0.15) is 5.82 Å². The summed E-state index contributed by atoms with van der Waals surface area (Å²) in [5, 5.41) is 7.90. The fourth-order valence-corrected chi connectivity index (χ4v) is 2.69. The Labute approximate surface area is 133 Å². The molecular formula is C16H21BrFN3. The van der Waals surface area contributed by atoms with Crippen LogP contribution in [0.5, 0.6) is 0 Å². The molecule has 0 saturated heterocycles. The Bertz CT molecular complexity index is 595. The smallest absolute Gasteiger partial charge is 0.142 e. The molecule has 0 aliphatic rings. The maximum absolute atomic E-state index is 14.3. The number of halogens is 2. The van der Waals surface area contributed by atoms with Gasteiger partial charge in [0.15, 0.2) is 0 Å². The number of nitrogens with zero attached hydrogens (tertiary/aromatic N) is 2. The van der Waals surface area contributed by atoms with Gasteiger partial charge in [-0.2, -0.15) is 5.10 Å². The number of aromatic nitrogens is 2. The summed E-state index contributed by atoms with van der Waals surface area (Å²) < 4.78 is 16.7. The van der Waals surface area contributed by atoms with Gasteiger partial charge in [-0.25, -0.2) is 4.39 Å². The monoisotopic (exact) mass is 353 g/mol. The van der Waals surface area contributed by atoms with Gasteiger partial charge in [-0.05, 0) is 48.5 Å². The molecule has 1 aromatic carbocycles. The van der Waals surface area contributed by atoms with Crippen molar-refractivity contribution in [3.8, 4) is 0 Å². The highest BCUT2D eigenvalue weighted by Crippen LogP contribution is 2.26. The first-order valence-electron chi connectivity index (χ1n) is 7.24. The quantitative estimate of drug-likeness (QED) is 0.840. The van der Waals surface area contributed by atoms with Crippen LogP contribution in [0.25, 0.3) is 0 Å². The number of nitrogens with one attached hydrogen (secondary N) is 1. The van der Waals surface area contributed by atoms with E-state index in [1.807, 2.05) is 36.0 Å². The minimum atomic E-state index is -0.202. The van der Waals surface area contributed by atoms with Crippen LogP contribution in [0.4, 0.5) is 4.39 Å². The van der Waals surface area contributed by atoms with Crippen molar-refractivity contribution in [2.45, 2.75) is 39.3 Å². The summed E-state index contributed by atoms with van der Waals surface area (Å²) in [4.78, 5) is 0. The number of likely N-dealkylation sites (N-methyl/N-ethyl adjacent to an activating group) is 1. The summed E-state index contributed by atoms with van der Waals surface area (Å²) in [5.74, 6) is -0.202. The van der Waals surface area contributed by atoms with Gasteiger partial charge in [0.25, 0.3) is 0 Å². The van der Waals surface area contributed by atoms with Crippen molar-refractivity contribution >= 4 is 15.9 Å². The normalized spacial score (nSPS) is 12.9. The molecule has 0 spiro atoms. The van der Waals surface area contributed by atoms with Crippen molar-refractivity contribution in [1.82, 2.24) is 15.1 Å². The largest absolute Gasteiger partial charge is 0.310 e. The van der Waals surface area contributed by atoms with Gasteiger partial charge in [0, 0.05) is 30.3 Å². The lowest BCUT2D eigenvalue weighted by atomic mass is 10.0. The fourth-order valence-electron chi connectivity index (χ4n) is 2.31. The van der Waals surface area contributed by atoms with Crippen LogP contribution in [0.3, 0.4) is 0 Å². The van der Waals surface area contributed by atoms with Crippen molar-refractivity contribution in [2.75, 3.05) is 6.54 Å². The lowest BCUT2D eigenvalue weighted by molar-refractivity contribution is 0.489. The summed E-state index contributed by atoms with van der Waals surface area (Å²) >= 11 is 3.25. The molecule has 2 aromatic rings. The fraction of sp³-hybridized carbons (Fsp3) is 0.438. The summed E-state index contributed by atoms with van der Waals surface area (Å²) in [6, 6.07) is 7.66. The first-order chi connectivity index (χ1) is 10.0. The Morgan fingerprint density at radius 2 is 2.10 bits per heavy atom. The first-order valence-corrected chi connectivity index (χ1v) is 8.03. The molecule has 1 atom stereocenters. The van der Waals surface area contributed by atoms with Gasteiger partial charge in [-0.15, -0.1) is 0 Å². The van der Waals surface area contributed by atoms with E-state index in [1.165, 1.54) is 0 Å². The second-order valence-corrected chi connectivity index (χ2v) is 6.19. The molecular weight excluding hydrogens is 333 g/mol. The summed E-state index contributed by atoms with van der Waals surface area (Å²) in [6.45, 7) is 6.98. The molecule has 2 rings (SSSR count).